The first kappa shape index (κ1) is 13.5. The molecule has 0 atom stereocenters. The van der Waals surface area contributed by atoms with Crippen LogP contribution >= 0.6 is 35.0 Å². The van der Waals surface area contributed by atoms with E-state index in [9.17, 15) is 0 Å². The van der Waals surface area contributed by atoms with E-state index in [1.807, 2.05) is 12.1 Å². The second kappa shape index (κ2) is 5.47. The summed E-state index contributed by atoms with van der Waals surface area (Å²) in [6, 6.07) is 5.54. The summed E-state index contributed by atoms with van der Waals surface area (Å²) >= 11 is 13.4. The Morgan fingerprint density at radius 2 is 2.05 bits per heavy atom. The molecular formula is C12H9Cl2N5S. The highest BCUT2D eigenvalue weighted by Crippen LogP contribution is 2.29. The van der Waals surface area contributed by atoms with Crippen LogP contribution in [0.2, 0.25) is 10.0 Å². The second-order valence-corrected chi connectivity index (χ2v) is 5.80. The minimum Gasteiger partial charge on any atom is -0.368 e. The molecule has 0 aliphatic heterocycles. The van der Waals surface area contributed by atoms with E-state index < -0.39 is 0 Å². The summed E-state index contributed by atoms with van der Waals surface area (Å²) in [6.07, 6.45) is 1.57. The van der Waals surface area contributed by atoms with Crippen LogP contribution in [0.1, 0.15) is 5.56 Å². The molecule has 102 valence electrons. The number of imidazole rings is 1. The van der Waals surface area contributed by atoms with Crippen molar-refractivity contribution in [1.29, 1.82) is 0 Å². The summed E-state index contributed by atoms with van der Waals surface area (Å²) in [5, 5.41) is 1.84. The number of hydrogen-bond donors (Lipinski definition) is 2. The van der Waals surface area contributed by atoms with Crippen molar-refractivity contribution in [2.45, 2.75) is 10.8 Å². The molecule has 0 unspecified atom stereocenters. The summed E-state index contributed by atoms with van der Waals surface area (Å²) in [5.41, 5.74) is 8.06. The van der Waals surface area contributed by atoms with Gasteiger partial charge in [-0.3, -0.25) is 0 Å². The summed E-state index contributed by atoms with van der Waals surface area (Å²) in [7, 11) is 0. The number of halogens is 2. The minimum absolute atomic E-state index is 0.209. The number of H-pyrrole nitrogens is 1. The predicted octanol–water partition coefficient (Wildman–Crippen LogP) is 3.53. The van der Waals surface area contributed by atoms with Gasteiger partial charge < -0.3 is 10.7 Å². The number of nitrogens with two attached hydrogens (primary N) is 1. The fraction of sp³-hybridized carbons (Fsp3) is 0.0833. The van der Waals surface area contributed by atoms with Crippen LogP contribution in [-0.4, -0.2) is 19.9 Å². The molecule has 1 aromatic carbocycles. The van der Waals surface area contributed by atoms with E-state index in [4.69, 9.17) is 28.9 Å². The zero-order chi connectivity index (χ0) is 14.1. The van der Waals surface area contributed by atoms with Gasteiger partial charge in [-0.1, -0.05) is 41.0 Å². The molecule has 0 saturated heterocycles. The van der Waals surface area contributed by atoms with E-state index in [2.05, 4.69) is 19.9 Å². The molecule has 0 aliphatic carbocycles. The first-order valence-electron chi connectivity index (χ1n) is 5.67. The fourth-order valence-electron chi connectivity index (χ4n) is 1.71. The molecule has 0 amide bonds. The molecule has 3 rings (SSSR count). The van der Waals surface area contributed by atoms with Crippen LogP contribution in [0, 0.1) is 0 Å². The lowest BCUT2D eigenvalue weighted by Gasteiger charge is -2.04. The van der Waals surface area contributed by atoms with Gasteiger partial charge in [-0.2, -0.15) is 4.98 Å². The molecule has 0 aliphatic rings. The van der Waals surface area contributed by atoms with Crippen LogP contribution in [0.4, 0.5) is 5.95 Å². The Morgan fingerprint density at radius 3 is 2.85 bits per heavy atom. The van der Waals surface area contributed by atoms with Crippen LogP contribution < -0.4 is 5.73 Å². The van der Waals surface area contributed by atoms with E-state index >= 15 is 0 Å². The third-order valence-electron chi connectivity index (χ3n) is 2.63. The maximum Gasteiger partial charge on any atom is 0.223 e. The first-order valence-corrected chi connectivity index (χ1v) is 7.41. The smallest absolute Gasteiger partial charge is 0.223 e. The summed E-state index contributed by atoms with van der Waals surface area (Å²) < 4.78 is 0. The zero-order valence-corrected chi connectivity index (χ0v) is 12.4. The molecule has 5 nitrogen and oxygen atoms in total. The Morgan fingerprint density at radius 1 is 1.20 bits per heavy atom. The van der Waals surface area contributed by atoms with Gasteiger partial charge in [0, 0.05) is 5.75 Å². The second-order valence-electron chi connectivity index (χ2n) is 4.03. The first-order chi connectivity index (χ1) is 9.63. The lowest BCUT2D eigenvalue weighted by atomic mass is 10.2. The van der Waals surface area contributed by atoms with Crippen LogP contribution in [0.3, 0.4) is 0 Å². The lowest BCUT2D eigenvalue weighted by molar-refractivity contribution is 1.10. The molecule has 8 heteroatoms. The quantitative estimate of drug-likeness (QED) is 0.568. The highest BCUT2D eigenvalue weighted by atomic mass is 35.5. The van der Waals surface area contributed by atoms with Gasteiger partial charge in [-0.25, -0.2) is 9.97 Å². The third kappa shape index (κ3) is 2.67. The van der Waals surface area contributed by atoms with Gasteiger partial charge in [0.2, 0.25) is 5.95 Å². The molecule has 0 radical (unpaired) electrons. The van der Waals surface area contributed by atoms with Crippen LogP contribution in [0.15, 0.2) is 29.6 Å². The third-order valence-corrected chi connectivity index (χ3v) is 4.41. The van der Waals surface area contributed by atoms with Crippen LogP contribution in [0.5, 0.6) is 0 Å². The number of nitrogens with zero attached hydrogens (tertiary/aromatic N) is 3. The molecule has 3 N–H and O–H groups in total. The lowest BCUT2D eigenvalue weighted by Crippen LogP contribution is -1.97. The standard InChI is InChI=1S/C12H9Cl2N5S/c13-7-2-1-6(3-8(7)14)4-20-11-9-10(17-5-16-9)18-12(15)19-11/h1-3,5H,4H2,(H3,15,16,17,18,19). The molecule has 3 aromatic rings. The number of thioether (sulfide) groups is 1. The Balaban J connectivity index is 1.86. The van der Waals surface area contributed by atoms with E-state index in [0.717, 1.165) is 16.1 Å². The average molecular weight is 326 g/mol. The number of aromatic nitrogens is 4. The average Bonchev–Trinajstić information content (AvgIpc) is 2.88. The highest BCUT2D eigenvalue weighted by molar-refractivity contribution is 7.98. The number of aromatic amines is 1. The highest BCUT2D eigenvalue weighted by Gasteiger charge is 2.09. The number of fused-ring (bicyclic) bond motifs is 1. The number of hydrogen-bond acceptors (Lipinski definition) is 5. The van der Waals surface area contributed by atoms with Crippen LogP contribution in [0.25, 0.3) is 11.2 Å². The van der Waals surface area contributed by atoms with Crippen molar-refractivity contribution in [2.75, 3.05) is 5.73 Å². The molecular weight excluding hydrogens is 317 g/mol. The Hall–Kier alpha value is -1.50. The van der Waals surface area contributed by atoms with Crippen LogP contribution in [-0.2, 0) is 5.75 Å². The largest absolute Gasteiger partial charge is 0.368 e. The summed E-state index contributed by atoms with van der Waals surface area (Å²) in [5.74, 6) is 0.905. The van der Waals surface area contributed by atoms with Gasteiger partial charge in [0.1, 0.15) is 10.5 Å². The van der Waals surface area contributed by atoms with Crippen molar-refractivity contribution >= 4 is 52.1 Å². The van der Waals surface area contributed by atoms with E-state index in [1.165, 1.54) is 11.8 Å². The fourth-order valence-corrected chi connectivity index (χ4v) is 2.96. The zero-order valence-electron chi connectivity index (χ0n) is 10.1. The van der Waals surface area contributed by atoms with Gasteiger partial charge in [0.15, 0.2) is 5.65 Å². The number of nitrogen functional groups attached to an aromatic ring is 1. The van der Waals surface area contributed by atoms with Crippen molar-refractivity contribution in [3.63, 3.8) is 0 Å². The van der Waals surface area contributed by atoms with E-state index in [1.54, 1.807) is 12.4 Å². The molecule has 20 heavy (non-hydrogen) atoms. The maximum absolute atomic E-state index is 6.00. The SMILES string of the molecule is Nc1nc(SCc2ccc(Cl)c(Cl)c2)c2[nH]cnc2n1. The normalized spacial score (nSPS) is 11.1. The predicted molar refractivity (Wildman–Crippen MR) is 82.1 cm³/mol. The number of benzene rings is 1. The maximum atomic E-state index is 6.00. The van der Waals surface area contributed by atoms with Crippen molar-refractivity contribution < 1.29 is 0 Å². The molecule has 0 fully saturated rings. The van der Waals surface area contributed by atoms with Gasteiger partial charge in [0.05, 0.1) is 16.4 Å². The summed E-state index contributed by atoms with van der Waals surface area (Å²) in [6.45, 7) is 0. The number of rotatable bonds is 3. The Kier molecular flexibility index (Phi) is 3.69. The van der Waals surface area contributed by atoms with E-state index in [-0.39, 0.29) is 5.95 Å². The van der Waals surface area contributed by atoms with Gasteiger partial charge in [0.25, 0.3) is 0 Å². The van der Waals surface area contributed by atoms with Crippen molar-refractivity contribution in [1.82, 2.24) is 19.9 Å². The topological polar surface area (TPSA) is 80.5 Å². The summed E-state index contributed by atoms with van der Waals surface area (Å²) in [4.78, 5) is 15.4. The number of nitrogens with one attached hydrogen (secondary N) is 1. The van der Waals surface area contributed by atoms with Gasteiger partial charge >= 0.3 is 0 Å². The molecule has 0 spiro atoms. The molecule has 2 heterocycles. The Bertz CT molecular complexity index is 774. The monoisotopic (exact) mass is 325 g/mol. The van der Waals surface area contributed by atoms with Gasteiger partial charge in [-0.05, 0) is 17.7 Å². The van der Waals surface area contributed by atoms with Crippen molar-refractivity contribution in [3.05, 3.63) is 40.1 Å². The number of anilines is 1. The molecule has 0 saturated carbocycles. The molecule has 2 aromatic heterocycles. The van der Waals surface area contributed by atoms with Crippen molar-refractivity contribution in [3.8, 4) is 0 Å². The minimum atomic E-state index is 0.209. The van der Waals surface area contributed by atoms with Crippen molar-refractivity contribution in [2.24, 2.45) is 0 Å². The van der Waals surface area contributed by atoms with Gasteiger partial charge in [-0.15, -0.1) is 0 Å². The molecule has 0 bridgehead atoms. The Labute approximate surface area is 128 Å². The van der Waals surface area contributed by atoms with E-state index in [0.29, 0.717) is 21.4 Å².